The van der Waals surface area contributed by atoms with E-state index in [1.54, 1.807) is 0 Å². The maximum Gasteiger partial charge on any atom is 0.136 e. The van der Waals surface area contributed by atoms with E-state index in [9.17, 15) is 0 Å². The van der Waals surface area contributed by atoms with Gasteiger partial charge in [0.05, 0.1) is 124 Å². The van der Waals surface area contributed by atoms with Crippen LogP contribution in [-0.2, 0) is 0 Å². The van der Waals surface area contributed by atoms with Crippen molar-refractivity contribution in [2.45, 2.75) is 0 Å². The highest BCUT2D eigenvalue weighted by Gasteiger charge is 2.33. The van der Waals surface area contributed by atoms with Crippen LogP contribution < -0.4 is 0 Å². The van der Waals surface area contributed by atoms with Gasteiger partial charge in [0.15, 0.2) is 0 Å². The summed E-state index contributed by atoms with van der Waals surface area (Å²) < 4.78 is 29.4. The second-order valence-corrected chi connectivity index (χ2v) is 34.1. The fraction of sp³-hybridized carbons (Fsp3) is 0. The minimum absolute atomic E-state index is 0.886. The summed E-state index contributed by atoms with van der Waals surface area (Å²) in [6.45, 7) is 0. The van der Waals surface area contributed by atoms with Gasteiger partial charge < -0.3 is 36.2 Å². The van der Waals surface area contributed by atoms with Gasteiger partial charge in [-0.05, 0) is 166 Å². The number of hydrogen-bond acceptors (Lipinski definition) is 6. The zero-order chi connectivity index (χ0) is 79.3. The molecule has 0 aliphatic carbocycles. The molecule has 12 heteroatoms. The number of nitrogens with zero attached hydrogens (tertiary/aromatic N) is 8. The molecule has 18 aromatic carbocycles. The molecule has 6 aliphatic rings. The molecule has 122 heavy (non-hydrogen) atoms. The van der Waals surface area contributed by atoms with Gasteiger partial charge in [-0.1, -0.05) is 206 Å². The molecule has 0 amide bonds. The highest BCUT2D eigenvalue weighted by Crippen LogP contribution is 2.55. The minimum Gasteiger partial charge on any atom is -0.462 e. The summed E-state index contributed by atoms with van der Waals surface area (Å²) in [5, 5.41) is 26.8. The monoisotopic (exact) mass is 1590 g/mol. The summed E-state index contributed by atoms with van der Waals surface area (Å²) in [5.41, 5.74) is 32.6. The van der Waals surface area contributed by atoms with Crippen molar-refractivity contribution in [2.75, 3.05) is 0 Å². The number of aromatic nitrogens is 8. The molecule has 0 atom stereocenters. The molecule has 0 radical (unpaired) electrons. The number of fused-ring (bicyclic) bond motifs is 6. The van der Waals surface area contributed by atoms with E-state index in [1.165, 1.54) is 174 Å². The van der Waals surface area contributed by atoms with Crippen LogP contribution in [-0.4, -0.2) is 37.4 Å². The third kappa shape index (κ3) is 9.04. The highest BCUT2D eigenvalue weighted by molar-refractivity contribution is 7.18. The Morgan fingerprint density at radius 3 is 0.828 bits per heavy atom. The van der Waals surface area contributed by atoms with Crippen molar-refractivity contribution < 1.29 is 8.83 Å². The number of pyridine rings is 8. The lowest BCUT2D eigenvalue weighted by Crippen LogP contribution is -2.10. The lowest BCUT2D eigenvalue weighted by Gasteiger charge is -2.28. The van der Waals surface area contributed by atoms with Crippen LogP contribution in [0.15, 0.2) is 384 Å². The van der Waals surface area contributed by atoms with E-state index in [1.807, 2.05) is 84.0 Å². The number of rotatable bonds is 6. The Morgan fingerprint density at radius 1 is 0.213 bits per heavy atom. The van der Waals surface area contributed by atoms with Gasteiger partial charge in [0.1, 0.15) is 23.7 Å². The smallest absolute Gasteiger partial charge is 0.136 e. The van der Waals surface area contributed by atoms with Gasteiger partial charge in [-0.2, -0.15) is 0 Å². The molecule has 12 heterocycles. The molecule has 6 aliphatic heterocycles. The maximum absolute atomic E-state index is 6.07. The Balaban J connectivity index is 0.0000000942. The van der Waals surface area contributed by atoms with Crippen LogP contribution in [0.5, 0.6) is 0 Å². The van der Waals surface area contributed by atoms with Gasteiger partial charge in [0.2, 0.25) is 0 Å². The first-order chi connectivity index (χ1) is 60.6. The molecule has 0 unspecified atom stereocenters. The standard InChI is InChI=1S/C38H22N4.C36H20N2O2.C36H20N2S2/c1-3-11-29-25(7-1)19-27(21-39-29)41-31-13-5-9-23-16-18-34-38(35(23)31)37-33(41)17-15-24-10-6-14-32(36(24)37)42(34)28-20-26-8-2-4-12-30(26)40-22-28;2*1-3-13-31-23(9-1)29(19-39-31)37-25-11-5-7-21-16-18-28-36(33(21)25)35-27(37)17-15-22-8-6-12-26(34(22)35)38(28)30-20-40-32-14-4-2-10-24(30)32/h1-22H;2*1-20H. The van der Waals surface area contributed by atoms with Crippen molar-refractivity contribution in [3.63, 3.8) is 0 Å². The van der Waals surface area contributed by atoms with Crippen LogP contribution in [0, 0.1) is 0 Å². The molecule has 30 rings (SSSR count). The quantitative estimate of drug-likeness (QED) is 0.123. The Morgan fingerprint density at radius 2 is 0.484 bits per heavy atom. The van der Waals surface area contributed by atoms with Crippen molar-refractivity contribution in [3.05, 3.63) is 375 Å². The molecular weight excluding hydrogens is 1530 g/mol. The summed E-state index contributed by atoms with van der Waals surface area (Å²) >= 11 is 3.64. The molecule has 0 N–H and O–H groups in total. The van der Waals surface area contributed by atoms with Crippen molar-refractivity contribution in [2.24, 2.45) is 0 Å². The van der Waals surface area contributed by atoms with E-state index >= 15 is 0 Å². The Labute approximate surface area is 701 Å². The molecule has 566 valence electrons. The van der Waals surface area contributed by atoms with E-state index < -0.39 is 0 Å². The summed E-state index contributed by atoms with van der Waals surface area (Å²) in [7, 11) is 0. The topological polar surface area (TPSA) is 81.6 Å². The third-order valence-corrected chi connectivity index (χ3v) is 28.0. The second-order valence-electron chi connectivity index (χ2n) is 32.3. The lowest BCUT2D eigenvalue weighted by atomic mass is 9.87. The molecule has 24 aromatic rings. The predicted molar refractivity (Wildman–Crippen MR) is 510 cm³/mol. The van der Waals surface area contributed by atoms with E-state index in [0.717, 1.165) is 88.6 Å². The molecule has 0 saturated carbocycles. The SMILES string of the molecule is c1ccc2c(-n3c4ccc5cccc6c5c4-c4c5c(cccc53)ccc4n6-c3coc4ccccc34)coc2c1.c1ccc2c(-n3c4ccc5cccc6c5c4-c4c5c(cccc53)ccc4n6-c3csc4ccccc34)csc2c1.c1ccc2ncc(-n3c4ccc5cccc6c5c4-c4c5c(cccc53)ccc4n6-c3cnc4ccccc4c3)cc2c1. The van der Waals surface area contributed by atoms with Crippen LogP contribution in [0.25, 0.3) is 262 Å². The van der Waals surface area contributed by atoms with E-state index in [4.69, 9.17) is 18.8 Å². The number of benzene rings is 18. The van der Waals surface area contributed by atoms with Crippen LogP contribution in [0.4, 0.5) is 0 Å². The zero-order valence-electron chi connectivity index (χ0n) is 65.0. The van der Waals surface area contributed by atoms with Crippen molar-refractivity contribution in [1.29, 1.82) is 0 Å². The largest absolute Gasteiger partial charge is 0.462 e. The number of thiophene rings is 2. The molecule has 10 nitrogen and oxygen atoms in total. The molecule has 0 spiro atoms. The first-order valence-corrected chi connectivity index (χ1v) is 43.0. The van der Waals surface area contributed by atoms with Gasteiger partial charge in [0.25, 0.3) is 0 Å². The van der Waals surface area contributed by atoms with Gasteiger partial charge in [-0.3, -0.25) is 9.97 Å². The average Bonchev–Trinajstić information content (AvgIpc) is 0.793. The number of para-hydroxylation sites is 4. The normalized spacial score (nSPS) is 12.4. The Kier molecular flexibility index (Phi) is 13.5. The van der Waals surface area contributed by atoms with Gasteiger partial charge in [-0.25, -0.2) is 0 Å². The summed E-state index contributed by atoms with van der Waals surface area (Å²) in [4.78, 5) is 9.72. The Hall–Kier alpha value is -15.9. The van der Waals surface area contributed by atoms with Crippen molar-refractivity contribution in [3.8, 4) is 67.5 Å². The third-order valence-electron chi connectivity index (χ3n) is 26.1. The zero-order valence-corrected chi connectivity index (χ0v) is 66.6. The van der Waals surface area contributed by atoms with Crippen molar-refractivity contribution >= 4 is 217 Å². The molecule has 0 fully saturated rings. The Bertz CT molecular complexity index is 8570. The highest BCUT2D eigenvalue weighted by atomic mass is 32.1. The molecular formula is C110H62N8O2S2. The molecule has 6 aromatic heterocycles. The fourth-order valence-corrected chi connectivity index (χ4v) is 23.0. The maximum atomic E-state index is 6.07. The van der Waals surface area contributed by atoms with Gasteiger partial charge in [0, 0.05) is 118 Å². The van der Waals surface area contributed by atoms with Crippen LogP contribution in [0.1, 0.15) is 0 Å². The summed E-state index contributed by atoms with van der Waals surface area (Å²) in [6.07, 6.45) is 7.81. The van der Waals surface area contributed by atoms with E-state index in [2.05, 4.69) is 341 Å². The van der Waals surface area contributed by atoms with Crippen LogP contribution in [0.3, 0.4) is 0 Å². The van der Waals surface area contributed by atoms with E-state index in [0.29, 0.717) is 0 Å². The number of furan rings is 2. The van der Waals surface area contributed by atoms with Gasteiger partial charge in [-0.15, -0.1) is 22.7 Å². The predicted octanol–water partition coefficient (Wildman–Crippen LogP) is 30.3. The van der Waals surface area contributed by atoms with Crippen molar-refractivity contribution in [1.82, 2.24) is 37.4 Å². The summed E-state index contributed by atoms with van der Waals surface area (Å²) in [5.74, 6) is 0. The number of hydrogen-bond donors (Lipinski definition) is 0. The van der Waals surface area contributed by atoms with Gasteiger partial charge >= 0.3 is 0 Å². The second kappa shape index (κ2) is 24.9. The molecule has 0 saturated heterocycles. The van der Waals surface area contributed by atoms with E-state index in [-0.39, 0.29) is 0 Å². The average molecular weight is 1590 g/mol. The first-order valence-electron chi connectivity index (χ1n) is 41.3. The molecule has 0 bridgehead atoms. The minimum atomic E-state index is 0.886. The summed E-state index contributed by atoms with van der Waals surface area (Å²) in [6, 6.07) is 123. The fourth-order valence-electron chi connectivity index (χ4n) is 21.1. The van der Waals surface area contributed by atoms with Crippen LogP contribution in [0.2, 0.25) is 0 Å². The van der Waals surface area contributed by atoms with Crippen LogP contribution >= 0.6 is 22.7 Å². The first kappa shape index (κ1) is 66.2. The lowest BCUT2D eigenvalue weighted by molar-refractivity contribution is 0.613.